The van der Waals surface area contributed by atoms with Gasteiger partial charge in [0.25, 0.3) is 0 Å². The van der Waals surface area contributed by atoms with Crippen molar-refractivity contribution < 1.29 is 9.53 Å². The minimum absolute atomic E-state index is 0.00354. The number of morpholine rings is 1. The van der Waals surface area contributed by atoms with Gasteiger partial charge in [-0.25, -0.2) is 0 Å². The molecular weight excluding hydrogens is 142 g/mol. The molecule has 64 valence electrons. The second-order valence-electron chi connectivity index (χ2n) is 4.00. The summed E-state index contributed by atoms with van der Waals surface area (Å²) in [6, 6.07) is 0.156. The molecule has 1 fully saturated rings. The molecule has 0 saturated carbocycles. The van der Waals surface area contributed by atoms with Gasteiger partial charge in [-0.2, -0.15) is 0 Å². The maximum Gasteiger partial charge on any atom is 0.246 e. The molecule has 0 bridgehead atoms. The summed E-state index contributed by atoms with van der Waals surface area (Å²) in [5, 5.41) is 2.89. The molecule has 11 heavy (non-hydrogen) atoms. The lowest BCUT2D eigenvalue weighted by molar-refractivity contribution is -0.133. The highest BCUT2D eigenvalue weighted by molar-refractivity contribution is 5.78. The summed E-state index contributed by atoms with van der Waals surface area (Å²) in [6.07, 6.45) is 0. The van der Waals surface area contributed by atoms with Gasteiger partial charge in [-0.3, -0.25) is 4.79 Å². The Kier molecular flexibility index (Phi) is 2.18. The standard InChI is InChI=1S/C8H15NO2/c1-8(2,3)6-4-11-5-7(10)9-6/h6H,4-5H2,1-3H3,(H,9,10)/t6-/m0/s1. The largest absolute Gasteiger partial charge is 0.369 e. The molecule has 0 radical (unpaired) electrons. The highest BCUT2D eigenvalue weighted by atomic mass is 16.5. The molecule has 0 aromatic carbocycles. The van der Waals surface area contributed by atoms with Crippen LogP contribution in [0.25, 0.3) is 0 Å². The molecule has 0 aromatic rings. The zero-order chi connectivity index (χ0) is 8.48. The number of ether oxygens (including phenoxy) is 1. The molecule has 1 rings (SSSR count). The third-order valence-corrected chi connectivity index (χ3v) is 1.90. The molecule has 0 aromatic heterocycles. The van der Waals surface area contributed by atoms with E-state index in [2.05, 4.69) is 26.1 Å². The average molecular weight is 157 g/mol. The Labute approximate surface area is 67.1 Å². The predicted molar refractivity (Wildman–Crippen MR) is 42.2 cm³/mol. The van der Waals surface area contributed by atoms with Crippen LogP contribution in [0.3, 0.4) is 0 Å². The molecule has 0 unspecified atom stereocenters. The lowest BCUT2D eigenvalue weighted by Crippen LogP contribution is -2.52. The molecule has 1 N–H and O–H groups in total. The van der Waals surface area contributed by atoms with Crippen LogP contribution in [-0.2, 0) is 9.53 Å². The summed E-state index contributed by atoms with van der Waals surface area (Å²) in [5.41, 5.74) is 0.0933. The lowest BCUT2D eigenvalue weighted by Gasteiger charge is -2.34. The van der Waals surface area contributed by atoms with Crippen molar-refractivity contribution in [1.82, 2.24) is 5.32 Å². The monoisotopic (exact) mass is 157 g/mol. The van der Waals surface area contributed by atoms with E-state index in [1.807, 2.05) is 0 Å². The van der Waals surface area contributed by atoms with Crippen LogP contribution in [0.4, 0.5) is 0 Å². The molecule has 0 aliphatic carbocycles. The van der Waals surface area contributed by atoms with Crippen molar-refractivity contribution in [2.24, 2.45) is 5.41 Å². The van der Waals surface area contributed by atoms with Crippen molar-refractivity contribution in [3.8, 4) is 0 Å². The highest BCUT2D eigenvalue weighted by Crippen LogP contribution is 2.20. The quantitative estimate of drug-likeness (QED) is 0.557. The molecule has 3 heteroatoms. The maximum atomic E-state index is 10.9. The first-order valence-electron chi connectivity index (χ1n) is 3.87. The Morgan fingerprint density at radius 1 is 1.55 bits per heavy atom. The van der Waals surface area contributed by atoms with Crippen LogP contribution < -0.4 is 5.32 Å². The number of hydrogen-bond donors (Lipinski definition) is 1. The second kappa shape index (κ2) is 2.81. The van der Waals surface area contributed by atoms with Gasteiger partial charge in [0.1, 0.15) is 6.61 Å². The summed E-state index contributed by atoms with van der Waals surface area (Å²) in [6.45, 7) is 7.12. The fraction of sp³-hybridized carbons (Fsp3) is 0.875. The predicted octanol–water partition coefficient (Wildman–Crippen LogP) is 0.547. The molecular formula is C8H15NO2. The SMILES string of the molecule is CC(C)(C)[C@@H]1COCC(=O)N1. The topological polar surface area (TPSA) is 38.3 Å². The summed E-state index contributed by atoms with van der Waals surface area (Å²) in [7, 11) is 0. The lowest BCUT2D eigenvalue weighted by atomic mass is 9.87. The van der Waals surface area contributed by atoms with Crippen molar-refractivity contribution >= 4 is 5.91 Å². The third-order valence-electron chi connectivity index (χ3n) is 1.90. The van der Waals surface area contributed by atoms with Gasteiger partial charge >= 0.3 is 0 Å². The first-order chi connectivity index (χ1) is 5.00. The van der Waals surface area contributed by atoms with Crippen LogP contribution in [0, 0.1) is 5.41 Å². The number of hydrogen-bond acceptors (Lipinski definition) is 2. The van der Waals surface area contributed by atoms with Gasteiger partial charge in [-0.1, -0.05) is 20.8 Å². The van der Waals surface area contributed by atoms with Gasteiger partial charge in [0.2, 0.25) is 5.91 Å². The van der Waals surface area contributed by atoms with E-state index in [9.17, 15) is 4.79 Å². The van der Waals surface area contributed by atoms with E-state index in [-0.39, 0.29) is 24.0 Å². The van der Waals surface area contributed by atoms with Crippen molar-refractivity contribution in [1.29, 1.82) is 0 Å². The second-order valence-corrected chi connectivity index (χ2v) is 4.00. The summed E-state index contributed by atoms with van der Waals surface area (Å²) in [5.74, 6) is -0.00354. The summed E-state index contributed by atoms with van der Waals surface area (Å²) < 4.78 is 5.11. The molecule has 1 heterocycles. The van der Waals surface area contributed by atoms with Gasteiger partial charge in [-0.15, -0.1) is 0 Å². The molecule has 1 amide bonds. The first-order valence-corrected chi connectivity index (χ1v) is 3.87. The van der Waals surface area contributed by atoms with Crippen LogP contribution in [0.15, 0.2) is 0 Å². The minimum Gasteiger partial charge on any atom is -0.369 e. The highest BCUT2D eigenvalue weighted by Gasteiger charge is 2.29. The van der Waals surface area contributed by atoms with Gasteiger partial charge in [0.05, 0.1) is 12.6 Å². The zero-order valence-electron chi connectivity index (χ0n) is 7.31. The molecule has 1 saturated heterocycles. The van der Waals surface area contributed by atoms with E-state index in [1.54, 1.807) is 0 Å². The Morgan fingerprint density at radius 3 is 2.55 bits per heavy atom. The van der Waals surface area contributed by atoms with E-state index < -0.39 is 0 Å². The number of amides is 1. The number of rotatable bonds is 0. The third kappa shape index (κ3) is 2.19. The summed E-state index contributed by atoms with van der Waals surface area (Å²) in [4.78, 5) is 10.9. The van der Waals surface area contributed by atoms with Crippen molar-refractivity contribution in [3.05, 3.63) is 0 Å². The maximum absolute atomic E-state index is 10.9. The number of nitrogens with one attached hydrogen (secondary N) is 1. The Hall–Kier alpha value is -0.570. The first kappa shape index (κ1) is 8.53. The van der Waals surface area contributed by atoms with Gasteiger partial charge < -0.3 is 10.1 Å². The Morgan fingerprint density at radius 2 is 2.18 bits per heavy atom. The molecule has 0 spiro atoms. The van der Waals surface area contributed by atoms with Gasteiger partial charge in [-0.05, 0) is 5.41 Å². The average Bonchev–Trinajstić information content (AvgIpc) is 1.86. The summed E-state index contributed by atoms with van der Waals surface area (Å²) >= 11 is 0. The Balaban J connectivity index is 2.53. The zero-order valence-corrected chi connectivity index (χ0v) is 7.31. The Bertz CT molecular complexity index is 160. The van der Waals surface area contributed by atoms with Crippen molar-refractivity contribution in [2.75, 3.05) is 13.2 Å². The van der Waals surface area contributed by atoms with E-state index in [0.717, 1.165) is 0 Å². The molecule has 3 nitrogen and oxygen atoms in total. The van der Waals surface area contributed by atoms with E-state index in [0.29, 0.717) is 6.61 Å². The fourth-order valence-electron chi connectivity index (χ4n) is 1.01. The normalized spacial score (nSPS) is 26.5. The van der Waals surface area contributed by atoms with Crippen LogP contribution in [0.2, 0.25) is 0 Å². The molecule has 1 aliphatic heterocycles. The molecule has 1 atom stereocenters. The van der Waals surface area contributed by atoms with Crippen LogP contribution in [-0.4, -0.2) is 25.2 Å². The van der Waals surface area contributed by atoms with E-state index in [4.69, 9.17) is 4.74 Å². The van der Waals surface area contributed by atoms with Crippen molar-refractivity contribution in [3.63, 3.8) is 0 Å². The van der Waals surface area contributed by atoms with Gasteiger partial charge in [0.15, 0.2) is 0 Å². The van der Waals surface area contributed by atoms with E-state index >= 15 is 0 Å². The van der Waals surface area contributed by atoms with Crippen LogP contribution >= 0.6 is 0 Å². The van der Waals surface area contributed by atoms with Crippen LogP contribution in [0.5, 0.6) is 0 Å². The smallest absolute Gasteiger partial charge is 0.246 e. The van der Waals surface area contributed by atoms with Gasteiger partial charge in [0, 0.05) is 0 Å². The number of carbonyl (C=O) groups is 1. The van der Waals surface area contributed by atoms with Crippen LogP contribution in [0.1, 0.15) is 20.8 Å². The fourth-order valence-corrected chi connectivity index (χ4v) is 1.01. The molecule has 1 aliphatic rings. The van der Waals surface area contributed by atoms with Crippen molar-refractivity contribution in [2.45, 2.75) is 26.8 Å². The minimum atomic E-state index is -0.00354. The van der Waals surface area contributed by atoms with E-state index in [1.165, 1.54) is 0 Å². The number of carbonyl (C=O) groups excluding carboxylic acids is 1.